The summed E-state index contributed by atoms with van der Waals surface area (Å²) in [4.78, 5) is 11.7. The Kier molecular flexibility index (Phi) is 4.80. The zero-order chi connectivity index (χ0) is 14.4. The third kappa shape index (κ3) is 3.87. The van der Waals surface area contributed by atoms with Crippen LogP contribution >= 0.6 is 11.6 Å². The number of halogens is 1. The molecule has 0 atom stereocenters. The molecule has 0 aliphatic carbocycles. The third-order valence-corrected chi connectivity index (χ3v) is 2.93. The second kappa shape index (κ2) is 6.78. The summed E-state index contributed by atoms with van der Waals surface area (Å²) in [5, 5.41) is 0.584. The van der Waals surface area contributed by atoms with Crippen molar-refractivity contribution in [3.63, 3.8) is 0 Å². The van der Waals surface area contributed by atoms with E-state index in [0.29, 0.717) is 16.5 Å². The maximum absolute atomic E-state index is 11.7. The van der Waals surface area contributed by atoms with E-state index in [9.17, 15) is 4.79 Å². The van der Waals surface area contributed by atoms with Gasteiger partial charge in [-0.3, -0.25) is 0 Å². The number of benzene rings is 2. The van der Waals surface area contributed by atoms with Crippen LogP contribution < -0.4 is 9.47 Å². The quantitative estimate of drug-likeness (QED) is 0.485. The standard InChI is InChI=1S/C16H13ClO3/c1-19-13-7-9-14(10-8-13)20-16(18)11-6-12-4-2-3-5-15(12)17/h2-11H,1H3/b11-6+. The van der Waals surface area contributed by atoms with Crippen LogP contribution in [0.2, 0.25) is 5.02 Å². The molecular formula is C16H13ClO3. The lowest BCUT2D eigenvalue weighted by Crippen LogP contribution is -2.03. The molecule has 0 saturated heterocycles. The SMILES string of the molecule is COc1ccc(OC(=O)/C=C/c2ccccc2Cl)cc1. The van der Waals surface area contributed by atoms with E-state index >= 15 is 0 Å². The predicted octanol–water partition coefficient (Wildman–Crippen LogP) is 3.97. The number of hydrogen-bond donors (Lipinski definition) is 0. The molecule has 2 rings (SSSR count). The van der Waals surface area contributed by atoms with E-state index < -0.39 is 5.97 Å². The fraction of sp³-hybridized carbons (Fsp3) is 0.0625. The zero-order valence-electron chi connectivity index (χ0n) is 10.9. The van der Waals surface area contributed by atoms with E-state index in [0.717, 1.165) is 5.56 Å². The average molecular weight is 289 g/mol. The summed E-state index contributed by atoms with van der Waals surface area (Å²) in [5.74, 6) is 0.700. The number of carbonyl (C=O) groups excluding carboxylic acids is 1. The summed E-state index contributed by atoms with van der Waals surface area (Å²) in [6.45, 7) is 0. The summed E-state index contributed by atoms with van der Waals surface area (Å²) in [6.07, 6.45) is 2.96. The molecule has 0 heterocycles. The summed E-state index contributed by atoms with van der Waals surface area (Å²) >= 11 is 5.98. The maximum atomic E-state index is 11.7. The van der Waals surface area contributed by atoms with E-state index in [-0.39, 0.29) is 0 Å². The van der Waals surface area contributed by atoms with Crippen LogP contribution in [-0.2, 0) is 4.79 Å². The van der Waals surface area contributed by atoms with Gasteiger partial charge < -0.3 is 9.47 Å². The van der Waals surface area contributed by atoms with Crippen LogP contribution in [-0.4, -0.2) is 13.1 Å². The molecule has 0 aliphatic rings. The molecule has 0 spiro atoms. The van der Waals surface area contributed by atoms with E-state index in [1.54, 1.807) is 43.5 Å². The highest BCUT2D eigenvalue weighted by Crippen LogP contribution is 2.18. The Balaban J connectivity index is 2.00. The molecule has 0 unspecified atom stereocenters. The van der Waals surface area contributed by atoms with Crippen LogP contribution in [0.4, 0.5) is 0 Å². The second-order valence-electron chi connectivity index (χ2n) is 3.95. The van der Waals surface area contributed by atoms with Crippen LogP contribution in [0.3, 0.4) is 0 Å². The fourth-order valence-electron chi connectivity index (χ4n) is 1.56. The highest BCUT2D eigenvalue weighted by molar-refractivity contribution is 6.32. The van der Waals surface area contributed by atoms with Gasteiger partial charge in [0.1, 0.15) is 11.5 Å². The minimum absolute atomic E-state index is 0.458. The maximum Gasteiger partial charge on any atom is 0.336 e. The summed E-state index contributed by atoms with van der Waals surface area (Å²) in [7, 11) is 1.58. The largest absolute Gasteiger partial charge is 0.497 e. The number of carbonyl (C=O) groups is 1. The number of ether oxygens (including phenoxy) is 2. The molecular weight excluding hydrogens is 276 g/mol. The van der Waals surface area contributed by atoms with Gasteiger partial charge in [-0.1, -0.05) is 29.8 Å². The molecule has 3 nitrogen and oxygen atoms in total. The molecule has 102 valence electrons. The molecule has 0 aliphatic heterocycles. The van der Waals surface area contributed by atoms with Gasteiger partial charge in [0.25, 0.3) is 0 Å². The number of esters is 1. The van der Waals surface area contributed by atoms with Crippen LogP contribution in [0, 0.1) is 0 Å². The van der Waals surface area contributed by atoms with Gasteiger partial charge in [-0.15, -0.1) is 0 Å². The van der Waals surface area contributed by atoms with E-state index in [1.807, 2.05) is 18.2 Å². The first kappa shape index (κ1) is 14.2. The van der Waals surface area contributed by atoms with Crippen molar-refractivity contribution in [1.82, 2.24) is 0 Å². The van der Waals surface area contributed by atoms with Crippen molar-refractivity contribution in [1.29, 1.82) is 0 Å². The highest BCUT2D eigenvalue weighted by Gasteiger charge is 2.01. The van der Waals surface area contributed by atoms with Gasteiger partial charge in [-0.05, 0) is 42.0 Å². The van der Waals surface area contributed by atoms with Crippen LogP contribution in [0.1, 0.15) is 5.56 Å². The monoisotopic (exact) mass is 288 g/mol. The van der Waals surface area contributed by atoms with Gasteiger partial charge in [0.2, 0.25) is 0 Å². The van der Waals surface area contributed by atoms with E-state index in [1.165, 1.54) is 6.08 Å². The molecule has 2 aromatic carbocycles. The number of rotatable bonds is 4. The third-order valence-electron chi connectivity index (χ3n) is 2.58. The molecule has 0 fully saturated rings. The van der Waals surface area contributed by atoms with Gasteiger partial charge in [-0.25, -0.2) is 4.79 Å². The second-order valence-corrected chi connectivity index (χ2v) is 4.36. The molecule has 0 N–H and O–H groups in total. The van der Waals surface area contributed by atoms with Gasteiger partial charge in [0.15, 0.2) is 0 Å². The highest BCUT2D eigenvalue weighted by atomic mass is 35.5. The van der Waals surface area contributed by atoms with Gasteiger partial charge in [0, 0.05) is 11.1 Å². The molecule has 0 saturated carbocycles. The van der Waals surface area contributed by atoms with Gasteiger partial charge in [-0.2, -0.15) is 0 Å². The molecule has 4 heteroatoms. The Bertz CT molecular complexity index is 618. The lowest BCUT2D eigenvalue weighted by atomic mass is 10.2. The number of methoxy groups -OCH3 is 1. The first-order chi connectivity index (χ1) is 9.69. The van der Waals surface area contributed by atoms with Crippen LogP contribution in [0.5, 0.6) is 11.5 Å². The first-order valence-corrected chi connectivity index (χ1v) is 6.35. The van der Waals surface area contributed by atoms with Crippen molar-refractivity contribution in [2.24, 2.45) is 0 Å². The lowest BCUT2D eigenvalue weighted by molar-refractivity contribution is -0.128. The summed E-state index contributed by atoms with van der Waals surface area (Å²) < 4.78 is 10.2. The van der Waals surface area contributed by atoms with Crippen molar-refractivity contribution in [2.75, 3.05) is 7.11 Å². The molecule has 0 bridgehead atoms. The molecule has 2 aromatic rings. The minimum atomic E-state index is -0.463. The van der Waals surface area contributed by atoms with Crippen molar-refractivity contribution in [3.05, 3.63) is 65.2 Å². The normalized spacial score (nSPS) is 10.5. The van der Waals surface area contributed by atoms with Crippen molar-refractivity contribution in [2.45, 2.75) is 0 Å². The Labute approximate surface area is 122 Å². The summed E-state index contributed by atoms with van der Waals surface area (Å²) in [5.41, 5.74) is 0.765. The molecule has 0 amide bonds. The Morgan fingerprint density at radius 2 is 1.70 bits per heavy atom. The fourth-order valence-corrected chi connectivity index (χ4v) is 1.76. The Morgan fingerprint density at radius 1 is 1.05 bits per heavy atom. The van der Waals surface area contributed by atoms with Crippen molar-refractivity contribution in [3.8, 4) is 11.5 Å². The van der Waals surface area contributed by atoms with Crippen molar-refractivity contribution >= 4 is 23.6 Å². The van der Waals surface area contributed by atoms with Crippen LogP contribution in [0.25, 0.3) is 6.08 Å². The zero-order valence-corrected chi connectivity index (χ0v) is 11.6. The lowest BCUT2D eigenvalue weighted by Gasteiger charge is -2.03. The van der Waals surface area contributed by atoms with E-state index in [4.69, 9.17) is 21.1 Å². The molecule has 20 heavy (non-hydrogen) atoms. The Morgan fingerprint density at radius 3 is 2.35 bits per heavy atom. The van der Waals surface area contributed by atoms with Gasteiger partial charge in [0.05, 0.1) is 7.11 Å². The smallest absolute Gasteiger partial charge is 0.336 e. The summed E-state index contributed by atoms with van der Waals surface area (Å²) in [6, 6.07) is 14.0. The van der Waals surface area contributed by atoms with E-state index in [2.05, 4.69) is 0 Å². The van der Waals surface area contributed by atoms with Crippen LogP contribution in [0.15, 0.2) is 54.6 Å². The average Bonchev–Trinajstić information content (AvgIpc) is 2.47. The molecule has 0 radical (unpaired) electrons. The minimum Gasteiger partial charge on any atom is -0.497 e. The Hall–Kier alpha value is -2.26. The first-order valence-electron chi connectivity index (χ1n) is 5.97. The van der Waals surface area contributed by atoms with Crippen molar-refractivity contribution < 1.29 is 14.3 Å². The van der Waals surface area contributed by atoms with Gasteiger partial charge >= 0.3 is 5.97 Å². The topological polar surface area (TPSA) is 35.5 Å². The molecule has 0 aromatic heterocycles. The number of hydrogen-bond acceptors (Lipinski definition) is 3. The predicted molar refractivity (Wildman–Crippen MR) is 79.1 cm³/mol.